The molecule has 2 nitrogen and oxygen atoms in total. The van der Waals surface area contributed by atoms with Crippen LogP contribution in [0.1, 0.15) is 26.2 Å². The van der Waals surface area contributed by atoms with Gasteiger partial charge in [-0.3, -0.25) is 0 Å². The Morgan fingerprint density at radius 2 is 2.20 bits per heavy atom. The van der Waals surface area contributed by atoms with Crippen LogP contribution in [-0.4, -0.2) is 11.6 Å². The van der Waals surface area contributed by atoms with Gasteiger partial charge in [-0.2, -0.15) is 0 Å². The molecule has 1 fully saturated rings. The highest BCUT2D eigenvalue weighted by Crippen LogP contribution is 2.35. The number of halogens is 1. The van der Waals surface area contributed by atoms with Crippen molar-refractivity contribution in [1.29, 1.82) is 0 Å². The maximum atomic E-state index is 5.63. The molecule has 3 heteroatoms. The van der Waals surface area contributed by atoms with Crippen molar-refractivity contribution >= 4 is 15.9 Å². The minimum absolute atomic E-state index is 0.734. The van der Waals surface area contributed by atoms with E-state index in [1.165, 1.54) is 19.3 Å². The molecule has 1 aromatic heterocycles. The van der Waals surface area contributed by atoms with Gasteiger partial charge in [0.25, 0.3) is 0 Å². The molecule has 0 aromatic carbocycles. The molecule has 0 bridgehead atoms. The molecule has 0 radical (unpaired) electrons. The quantitative estimate of drug-likeness (QED) is 0.833. The Hall–Kier alpha value is -0.570. The van der Waals surface area contributed by atoms with Gasteiger partial charge in [0.05, 0.1) is 6.61 Å². The van der Waals surface area contributed by atoms with E-state index in [4.69, 9.17) is 4.74 Å². The number of nitrogens with zero attached hydrogens (tertiary/aromatic N) is 1. The zero-order valence-electron chi connectivity index (χ0n) is 8.95. The highest BCUT2D eigenvalue weighted by molar-refractivity contribution is 9.10. The van der Waals surface area contributed by atoms with E-state index in [0.29, 0.717) is 0 Å². The van der Waals surface area contributed by atoms with Crippen molar-refractivity contribution < 1.29 is 4.74 Å². The van der Waals surface area contributed by atoms with Crippen LogP contribution in [0, 0.1) is 11.8 Å². The van der Waals surface area contributed by atoms with Gasteiger partial charge in [0.1, 0.15) is 0 Å². The summed E-state index contributed by atoms with van der Waals surface area (Å²) in [7, 11) is 0. The third kappa shape index (κ3) is 2.94. The molecule has 82 valence electrons. The van der Waals surface area contributed by atoms with Gasteiger partial charge in [-0.25, -0.2) is 4.98 Å². The van der Waals surface area contributed by atoms with Gasteiger partial charge in [0.2, 0.25) is 5.88 Å². The molecular weight excluding hydrogens is 254 g/mol. The topological polar surface area (TPSA) is 22.1 Å². The largest absolute Gasteiger partial charge is 0.477 e. The van der Waals surface area contributed by atoms with Crippen molar-refractivity contribution in [3.8, 4) is 5.88 Å². The smallest absolute Gasteiger partial charge is 0.213 e. The molecule has 1 aromatic rings. The minimum Gasteiger partial charge on any atom is -0.477 e. The first kappa shape index (κ1) is 10.9. The average Bonchev–Trinajstić information content (AvgIpc) is 2.19. The van der Waals surface area contributed by atoms with Crippen LogP contribution < -0.4 is 4.74 Å². The van der Waals surface area contributed by atoms with Crippen LogP contribution >= 0.6 is 15.9 Å². The monoisotopic (exact) mass is 269 g/mol. The minimum atomic E-state index is 0.734. The van der Waals surface area contributed by atoms with Crippen LogP contribution in [0.3, 0.4) is 0 Å². The first-order valence-corrected chi connectivity index (χ1v) is 6.31. The maximum Gasteiger partial charge on any atom is 0.213 e. The van der Waals surface area contributed by atoms with E-state index in [2.05, 4.69) is 27.8 Å². The number of hydrogen-bond donors (Lipinski definition) is 0. The van der Waals surface area contributed by atoms with Crippen LogP contribution in [0.15, 0.2) is 22.8 Å². The van der Waals surface area contributed by atoms with Crippen molar-refractivity contribution in [2.75, 3.05) is 6.61 Å². The van der Waals surface area contributed by atoms with Gasteiger partial charge < -0.3 is 4.74 Å². The zero-order valence-corrected chi connectivity index (χ0v) is 10.5. The lowest BCUT2D eigenvalue weighted by molar-refractivity contribution is 0.115. The van der Waals surface area contributed by atoms with Gasteiger partial charge in [-0.05, 0) is 46.7 Å². The molecule has 0 atom stereocenters. The average molecular weight is 270 g/mol. The molecule has 1 aliphatic carbocycles. The summed E-state index contributed by atoms with van der Waals surface area (Å²) in [5.41, 5.74) is 0. The fraction of sp³-hybridized carbons (Fsp3) is 0.583. The second kappa shape index (κ2) is 4.97. The molecule has 1 saturated carbocycles. The Bertz CT molecular complexity index is 306. The Kier molecular flexibility index (Phi) is 3.62. The summed E-state index contributed by atoms with van der Waals surface area (Å²) in [6, 6.07) is 3.86. The normalized spacial score (nSPS) is 24.7. The van der Waals surface area contributed by atoms with Gasteiger partial charge in [-0.1, -0.05) is 13.3 Å². The van der Waals surface area contributed by atoms with E-state index in [1.54, 1.807) is 6.20 Å². The molecule has 0 amide bonds. The van der Waals surface area contributed by atoms with Gasteiger partial charge in [0, 0.05) is 16.7 Å². The Balaban J connectivity index is 1.72. The van der Waals surface area contributed by atoms with E-state index < -0.39 is 0 Å². The summed E-state index contributed by atoms with van der Waals surface area (Å²) in [4.78, 5) is 4.18. The molecule has 0 aliphatic heterocycles. The predicted octanol–water partition coefficient (Wildman–Crippen LogP) is 3.66. The molecular formula is C12H16BrNO. The third-order valence-electron chi connectivity index (χ3n) is 3.08. The van der Waals surface area contributed by atoms with Crippen molar-refractivity contribution in [1.82, 2.24) is 4.98 Å². The molecule has 15 heavy (non-hydrogen) atoms. The van der Waals surface area contributed by atoms with Crippen molar-refractivity contribution in [3.63, 3.8) is 0 Å². The van der Waals surface area contributed by atoms with E-state index in [0.717, 1.165) is 28.8 Å². The van der Waals surface area contributed by atoms with Crippen molar-refractivity contribution in [2.45, 2.75) is 26.2 Å². The van der Waals surface area contributed by atoms with Crippen LogP contribution in [-0.2, 0) is 0 Å². The van der Waals surface area contributed by atoms with Gasteiger partial charge >= 0.3 is 0 Å². The Morgan fingerprint density at radius 1 is 1.40 bits per heavy atom. The molecule has 0 saturated heterocycles. The second-order valence-electron chi connectivity index (χ2n) is 4.24. The lowest BCUT2D eigenvalue weighted by Crippen LogP contribution is -2.28. The summed E-state index contributed by atoms with van der Waals surface area (Å²) in [5, 5.41) is 0. The molecule has 0 spiro atoms. The van der Waals surface area contributed by atoms with Crippen LogP contribution in [0.5, 0.6) is 5.88 Å². The van der Waals surface area contributed by atoms with E-state index >= 15 is 0 Å². The molecule has 0 unspecified atom stereocenters. The zero-order chi connectivity index (χ0) is 10.7. The Labute approximate surface area is 99.2 Å². The lowest BCUT2D eigenvalue weighted by Gasteiger charge is -2.34. The molecule has 1 heterocycles. The second-order valence-corrected chi connectivity index (χ2v) is 5.15. The lowest BCUT2D eigenvalue weighted by atomic mass is 9.74. The van der Waals surface area contributed by atoms with Crippen LogP contribution in [0.4, 0.5) is 0 Å². The number of aromatic nitrogens is 1. The van der Waals surface area contributed by atoms with E-state index in [1.807, 2.05) is 12.1 Å². The van der Waals surface area contributed by atoms with Crippen molar-refractivity contribution in [3.05, 3.63) is 22.8 Å². The molecule has 1 aliphatic rings. The Morgan fingerprint density at radius 3 is 2.80 bits per heavy atom. The summed E-state index contributed by atoms with van der Waals surface area (Å²) in [6.07, 6.45) is 5.73. The number of rotatable bonds is 4. The number of ether oxygens (including phenoxy) is 1. The fourth-order valence-electron chi connectivity index (χ4n) is 1.99. The first-order valence-electron chi connectivity index (χ1n) is 5.52. The highest BCUT2D eigenvalue weighted by atomic mass is 79.9. The van der Waals surface area contributed by atoms with Crippen LogP contribution in [0.25, 0.3) is 0 Å². The van der Waals surface area contributed by atoms with E-state index in [9.17, 15) is 0 Å². The van der Waals surface area contributed by atoms with Crippen LogP contribution in [0.2, 0.25) is 0 Å². The standard InChI is InChI=1S/C12H16BrNO/c1-2-9-5-10(6-9)8-15-12-4-3-11(13)7-14-12/h3-4,7,9-10H,2,5-6,8H2,1H3. The summed E-state index contributed by atoms with van der Waals surface area (Å²) in [6.45, 7) is 3.09. The maximum absolute atomic E-state index is 5.63. The molecule has 2 rings (SSSR count). The highest BCUT2D eigenvalue weighted by Gasteiger charge is 2.27. The fourth-order valence-corrected chi connectivity index (χ4v) is 2.23. The summed E-state index contributed by atoms with van der Waals surface area (Å²) < 4.78 is 6.62. The number of pyridine rings is 1. The van der Waals surface area contributed by atoms with E-state index in [-0.39, 0.29) is 0 Å². The summed E-state index contributed by atoms with van der Waals surface area (Å²) in [5.74, 6) is 2.43. The van der Waals surface area contributed by atoms with Gasteiger partial charge in [-0.15, -0.1) is 0 Å². The predicted molar refractivity (Wildman–Crippen MR) is 63.9 cm³/mol. The molecule has 0 N–H and O–H groups in total. The SMILES string of the molecule is CCC1CC(COc2ccc(Br)cn2)C1. The number of hydrogen-bond acceptors (Lipinski definition) is 2. The van der Waals surface area contributed by atoms with Crippen molar-refractivity contribution in [2.24, 2.45) is 11.8 Å². The summed E-state index contributed by atoms with van der Waals surface area (Å²) >= 11 is 3.35. The van der Waals surface area contributed by atoms with Gasteiger partial charge in [0.15, 0.2) is 0 Å². The first-order chi connectivity index (χ1) is 7.28. The third-order valence-corrected chi connectivity index (χ3v) is 3.55.